The molecule has 0 bridgehead atoms. The van der Waals surface area contributed by atoms with Crippen molar-refractivity contribution >= 4 is 46.4 Å². The molecule has 0 fully saturated rings. The Balaban J connectivity index is 0.00000112. The van der Waals surface area contributed by atoms with Crippen LogP contribution in [0.3, 0.4) is 0 Å². The third-order valence-electron chi connectivity index (χ3n) is 12.5. The predicted molar refractivity (Wildman–Crippen MR) is 283 cm³/mol. The number of phenols is 2. The lowest BCUT2D eigenvalue weighted by Crippen LogP contribution is -2.27. The summed E-state index contributed by atoms with van der Waals surface area (Å²) in [6.07, 6.45) is -4.35. The number of hydrogen-bond donors (Lipinski definition) is 5. The molecular formula is C54H58ClF3N10O7S. The number of nitrogens with zero attached hydrogens (tertiary/aromatic N) is 8. The number of hydrogen-bond acceptors (Lipinski definition) is 13. The van der Waals surface area contributed by atoms with E-state index in [1.807, 2.05) is 92.9 Å². The van der Waals surface area contributed by atoms with Gasteiger partial charge in [-0.1, -0.05) is 68.8 Å². The predicted octanol–water partition coefficient (Wildman–Crippen LogP) is 9.96. The van der Waals surface area contributed by atoms with E-state index in [1.54, 1.807) is 22.0 Å². The third kappa shape index (κ3) is 13.1. The van der Waals surface area contributed by atoms with E-state index in [0.717, 1.165) is 63.2 Å². The summed E-state index contributed by atoms with van der Waals surface area (Å²) in [5.41, 5.74) is 7.74. The number of alkyl halides is 3. The number of fused-ring (bicyclic) bond motifs is 3. The molecule has 1 aliphatic rings. The molecular weight excluding hydrogens is 1030 g/mol. The van der Waals surface area contributed by atoms with Crippen molar-refractivity contribution in [1.29, 1.82) is 0 Å². The van der Waals surface area contributed by atoms with Crippen LogP contribution in [0.25, 0.3) is 22.1 Å². The monoisotopic (exact) mass is 1080 g/mol. The molecule has 5 N–H and O–H groups in total. The normalized spacial score (nSPS) is 13.1. The number of rotatable bonds is 18. The Morgan fingerprint density at radius 1 is 0.855 bits per heavy atom. The summed E-state index contributed by atoms with van der Waals surface area (Å²) in [5, 5.41) is 53.5. The first-order chi connectivity index (χ1) is 36.2. The van der Waals surface area contributed by atoms with Crippen LogP contribution in [-0.4, -0.2) is 106 Å². The molecule has 76 heavy (non-hydrogen) atoms. The number of amides is 2. The number of aliphatic carboxylic acids is 1. The lowest BCUT2D eigenvalue weighted by molar-refractivity contribution is -0.192. The number of carbonyl (C=O) groups is 3. The number of carbonyl (C=O) groups excluding carboxylic acids is 2. The summed E-state index contributed by atoms with van der Waals surface area (Å²) in [7, 11) is 0. The first-order valence-electron chi connectivity index (χ1n) is 24.4. The maximum Gasteiger partial charge on any atom is 0.490 e. The molecule has 400 valence electrons. The number of benzene rings is 4. The third-order valence-corrected chi connectivity index (χ3v) is 13.9. The summed E-state index contributed by atoms with van der Waals surface area (Å²) in [4.78, 5) is 44.2. The van der Waals surface area contributed by atoms with E-state index in [0.29, 0.717) is 60.3 Å². The molecule has 8 rings (SSSR count). The molecule has 0 unspecified atom stereocenters. The van der Waals surface area contributed by atoms with Gasteiger partial charge in [0.15, 0.2) is 11.6 Å². The molecule has 0 spiro atoms. The summed E-state index contributed by atoms with van der Waals surface area (Å²) in [6.45, 7) is 17.5. The highest BCUT2D eigenvalue weighted by Gasteiger charge is 2.38. The van der Waals surface area contributed by atoms with Crippen molar-refractivity contribution in [3.8, 4) is 39.3 Å². The van der Waals surface area contributed by atoms with Crippen LogP contribution in [0.4, 0.5) is 13.2 Å². The number of phenolic OH excluding ortho intramolecular Hbond substituents is 2. The average molecular weight is 1080 g/mol. The van der Waals surface area contributed by atoms with Gasteiger partial charge in [-0.05, 0) is 111 Å². The summed E-state index contributed by atoms with van der Waals surface area (Å²) < 4.78 is 41.5. The molecule has 1 atom stereocenters. The van der Waals surface area contributed by atoms with Gasteiger partial charge in [-0.2, -0.15) is 13.2 Å². The minimum absolute atomic E-state index is 0.0139. The van der Waals surface area contributed by atoms with Crippen molar-refractivity contribution in [2.45, 2.75) is 92.5 Å². The van der Waals surface area contributed by atoms with E-state index < -0.39 is 24.1 Å². The van der Waals surface area contributed by atoms with Crippen molar-refractivity contribution in [3.05, 3.63) is 146 Å². The van der Waals surface area contributed by atoms with E-state index in [-0.39, 0.29) is 41.4 Å². The van der Waals surface area contributed by atoms with Gasteiger partial charge in [-0.3, -0.25) is 28.6 Å². The van der Waals surface area contributed by atoms with Crippen molar-refractivity contribution < 1.29 is 47.6 Å². The molecule has 0 saturated carbocycles. The minimum atomic E-state index is -5.08. The summed E-state index contributed by atoms with van der Waals surface area (Å²) >= 11 is 7.94. The van der Waals surface area contributed by atoms with Crippen LogP contribution < -0.4 is 15.4 Å². The number of aromatic hydroxyl groups is 2. The van der Waals surface area contributed by atoms with Crippen LogP contribution in [0.1, 0.15) is 113 Å². The second kappa shape index (κ2) is 24.4. The zero-order valence-electron chi connectivity index (χ0n) is 42.9. The Morgan fingerprint density at radius 3 is 2.11 bits per heavy atom. The van der Waals surface area contributed by atoms with Gasteiger partial charge in [0, 0.05) is 59.0 Å². The van der Waals surface area contributed by atoms with Crippen molar-refractivity contribution in [3.63, 3.8) is 0 Å². The largest absolute Gasteiger partial charge is 0.508 e. The van der Waals surface area contributed by atoms with Gasteiger partial charge in [-0.25, -0.2) is 4.79 Å². The van der Waals surface area contributed by atoms with E-state index in [4.69, 9.17) is 31.2 Å². The number of carboxylic acids is 1. The first kappa shape index (κ1) is 56.1. The molecule has 17 nitrogen and oxygen atoms in total. The molecule has 0 radical (unpaired) electrons. The number of nitrogens with one attached hydrogen (secondary N) is 2. The first-order valence-corrected chi connectivity index (χ1v) is 25.6. The number of thiophene rings is 1. The van der Waals surface area contributed by atoms with E-state index in [1.165, 1.54) is 10.9 Å². The number of aryl methyl sites for hydroxylation is 2. The maximum absolute atomic E-state index is 13.5. The molecule has 0 saturated heterocycles. The zero-order valence-corrected chi connectivity index (χ0v) is 44.4. The Bertz CT molecular complexity index is 3230. The maximum atomic E-state index is 13.5. The van der Waals surface area contributed by atoms with Gasteiger partial charge in [0.05, 0.1) is 24.3 Å². The molecule has 7 aromatic rings. The Hall–Kier alpha value is -7.62. The van der Waals surface area contributed by atoms with Crippen molar-refractivity contribution in [1.82, 2.24) is 45.1 Å². The van der Waals surface area contributed by atoms with Gasteiger partial charge in [-0.15, -0.1) is 31.7 Å². The smallest absolute Gasteiger partial charge is 0.490 e. The SMILES string of the molecule is CCNC(=O)c1nnc(-c2cc(C(C)C)c(O)cc2O)n1-c1ccc(CN(CC)Cc2ccc(OCCCNC(=O)C[C@@H]3N=C(c4ccc(Cl)cc4)c4c(sc(C)c4C)-n4c(C)nnc43)cc2)cc1.O=C(O)C(F)(F)F. The second-order valence-corrected chi connectivity index (χ2v) is 19.8. The summed E-state index contributed by atoms with van der Waals surface area (Å²) in [5.74, 6) is -0.991. The number of carboxylic acid groups (broad SMARTS) is 1. The molecule has 4 aromatic carbocycles. The fourth-order valence-corrected chi connectivity index (χ4v) is 9.77. The zero-order chi connectivity index (χ0) is 55.0. The van der Waals surface area contributed by atoms with Gasteiger partial charge in [0.2, 0.25) is 11.7 Å². The molecule has 1 aliphatic heterocycles. The molecule has 22 heteroatoms. The van der Waals surface area contributed by atoms with Crippen LogP contribution in [0.2, 0.25) is 5.02 Å². The molecule has 0 aliphatic carbocycles. The fraction of sp³-hybridized carbons (Fsp3) is 0.333. The Kier molecular flexibility index (Phi) is 18.0. The average Bonchev–Trinajstić information content (AvgIpc) is 4.05. The van der Waals surface area contributed by atoms with Crippen molar-refractivity contribution in [2.24, 2.45) is 4.99 Å². The van der Waals surface area contributed by atoms with Gasteiger partial charge >= 0.3 is 12.1 Å². The van der Waals surface area contributed by atoms with E-state index in [9.17, 15) is 33.0 Å². The highest BCUT2D eigenvalue weighted by Crippen LogP contribution is 2.41. The Labute approximate surface area is 446 Å². The molecule has 2 amide bonds. The highest BCUT2D eigenvalue weighted by atomic mass is 35.5. The van der Waals surface area contributed by atoms with Crippen LogP contribution in [0, 0.1) is 20.8 Å². The van der Waals surface area contributed by atoms with Crippen LogP contribution >= 0.6 is 22.9 Å². The van der Waals surface area contributed by atoms with Gasteiger partial charge in [0.1, 0.15) is 34.1 Å². The van der Waals surface area contributed by atoms with E-state index >= 15 is 0 Å². The lowest BCUT2D eigenvalue weighted by atomic mass is 9.98. The topological polar surface area (TPSA) is 222 Å². The minimum Gasteiger partial charge on any atom is -0.508 e. The lowest BCUT2D eigenvalue weighted by Gasteiger charge is -2.21. The highest BCUT2D eigenvalue weighted by molar-refractivity contribution is 7.15. The second-order valence-electron chi connectivity index (χ2n) is 18.2. The number of halogens is 4. The summed E-state index contributed by atoms with van der Waals surface area (Å²) in [6, 6.07) is 26.0. The molecule has 3 aromatic heterocycles. The van der Waals surface area contributed by atoms with E-state index in [2.05, 4.69) is 68.8 Å². The number of ether oxygens (including phenoxy) is 1. The van der Waals surface area contributed by atoms with Crippen LogP contribution in [-0.2, 0) is 22.7 Å². The Morgan fingerprint density at radius 2 is 1.50 bits per heavy atom. The quantitative estimate of drug-likeness (QED) is 0.0507. The van der Waals surface area contributed by atoms with Gasteiger partial charge < -0.3 is 30.7 Å². The number of aliphatic imine (C=N–C) groups is 1. The molecule has 4 heterocycles. The van der Waals surface area contributed by atoms with Crippen LogP contribution in [0.15, 0.2) is 89.9 Å². The standard InChI is InChI=1S/C52H57ClN10O5S.C2HF3O2/c1-8-54-51(67)50-60-58-48(41-25-40(30(3)4)43(64)27-44(41)65)63(50)38-19-11-34(12-20-38)28-61(9-2)29-35-13-21-39(22-14-35)68-24-10-23-55-45(66)26-42-49-59-57-33(7)62(49)52-46(31(5)32(6)69-52)47(56-42)36-15-17-37(53)18-16-36;3-2(4,5)1(6)7/h11-22,25,27,30,42,64-65H,8-10,23-24,26,28-29H2,1-7H3,(H,54,67)(H,55,66);(H,6,7)/t42-;/m0./s1. The number of aromatic nitrogens is 6. The fourth-order valence-electron chi connectivity index (χ4n) is 8.43. The van der Waals surface area contributed by atoms with Crippen molar-refractivity contribution in [2.75, 3.05) is 26.2 Å². The van der Waals surface area contributed by atoms with Crippen LogP contribution in [0.5, 0.6) is 17.2 Å². The van der Waals surface area contributed by atoms with Gasteiger partial charge in [0.25, 0.3) is 5.91 Å².